The fourth-order valence-electron chi connectivity index (χ4n) is 1.20. The van der Waals surface area contributed by atoms with Crippen LogP contribution in [0.2, 0.25) is 0 Å². The van der Waals surface area contributed by atoms with Crippen LogP contribution in [0, 0.1) is 5.92 Å². The van der Waals surface area contributed by atoms with Crippen molar-refractivity contribution < 1.29 is 5.11 Å². The van der Waals surface area contributed by atoms with Gasteiger partial charge in [0.25, 0.3) is 0 Å². The van der Waals surface area contributed by atoms with Crippen LogP contribution in [-0.2, 0) is 6.61 Å². The Balaban J connectivity index is 2.49. The molecule has 3 nitrogen and oxygen atoms in total. The summed E-state index contributed by atoms with van der Waals surface area (Å²) in [6.07, 6.45) is 2.85. The van der Waals surface area contributed by atoms with Gasteiger partial charge < -0.3 is 10.4 Å². The number of aliphatic hydroxyl groups excluding tert-OH is 1. The Kier molecular flexibility index (Phi) is 4.40. The summed E-state index contributed by atoms with van der Waals surface area (Å²) in [6.45, 7) is 5.32. The molecule has 0 atom stereocenters. The summed E-state index contributed by atoms with van der Waals surface area (Å²) in [5.74, 6) is 1.49. The van der Waals surface area contributed by atoms with Gasteiger partial charge in [-0.1, -0.05) is 19.9 Å². The van der Waals surface area contributed by atoms with E-state index in [0.29, 0.717) is 5.92 Å². The minimum Gasteiger partial charge on any atom is -0.392 e. The molecule has 0 unspecified atom stereocenters. The highest BCUT2D eigenvalue weighted by molar-refractivity contribution is 5.42. The minimum absolute atomic E-state index is 0.0395. The van der Waals surface area contributed by atoms with Crippen LogP contribution in [0.5, 0.6) is 0 Å². The van der Waals surface area contributed by atoms with Gasteiger partial charge >= 0.3 is 0 Å². The molecule has 78 valence electrons. The second-order valence-corrected chi connectivity index (χ2v) is 3.78. The van der Waals surface area contributed by atoms with Crippen LogP contribution in [0.1, 0.15) is 25.8 Å². The maximum atomic E-state index is 9.05. The van der Waals surface area contributed by atoms with E-state index in [1.807, 2.05) is 12.1 Å². The lowest BCUT2D eigenvalue weighted by Crippen LogP contribution is -2.08. The van der Waals surface area contributed by atoms with E-state index in [2.05, 4.69) is 24.1 Å². The maximum Gasteiger partial charge on any atom is 0.131 e. The zero-order valence-electron chi connectivity index (χ0n) is 8.83. The summed E-state index contributed by atoms with van der Waals surface area (Å²) in [5, 5.41) is 12.3. The Bertz CT molecular complexity index is 274. The van der Waals surface area contributed by atoms with Crippen LogP contribution in [0.25, 0.3) is 0 Å². The van der Waals surface area contributed by atoms with Gasteiger partial charge in [0.1, 0.15) is 5.82 Å². The third-order valence-electron chi connectivity index (χ3n) is 2.08. The molecule has 0 saturated heterocycles. The Morgan fingerprint density at radius 1 is 1.50 bits per heavy atom. The third kappa shape index (κ3) is 3.34. The second kappa shape index (κ2) is 5.60. The molecule has 1 heterocycles. The van der Waals surface area contributed by atoms with Gasteiger partial charge in [-0.3, -0.25) is 0 Å². The van der Waals surface area contributed by atoms with Crippen molar-refractivity contribution in [3.63, 3.8) is 0 Å². The summed E-state index contributed by atoms with van der Waals surface area (Å²) < 4.78 is 0. The number of aliphatic hydroxyl groups is 1. The number of nitrogens with zero attached hydrogens (tertiary/aromatic N) is 1. The highest BCUT2D eigenvalue weighted by Gasteiger charge is 2.01. The number of aromatic nitrogens is 1. The molecule has 0 fully saturated rings. The van der Waals surface area contributed by atoms with Crippen molar-refractivity contribution >= 4 is 5.82 Å². The predicted molar refractivity (Wildman–Crippen MR) is 58.1 cm³/mol. The van der Waals surface area contributed by atoms with Crippen LogP contribution < -0.4 is 5.32 Å². The first-order valence-corrected chi connectivity index (χ1v) is 5.02. The van der Waals surface area contributed by atoms with Crippen molar-refractivity contribution in [1.82, 2.24) is 4.98 Å². The number of anilines is 1. The molecule has 1 aromatic heterocycles. The zero-order valence-corrected chi connectivity index (χ0v) is 8.83. The van der Waals surface area contributed by atoms with Crippen molar-refractivity contribution in [3.8, 4) is 0 Å². The van der Waals surface area contributed by atoms with E-state index in [0.717, 1.165) is 24.3 Å². The first-order valence-electron chi connectivity index (χ1n) is 5.02. The van der Waals surface area contributed by atoms with Gasteiger partial charge in [0.05, 0.1) is 6.61 Å². The molecule has 0 amide bonds. The Hall–Kier alpha value is -1.09. The topological polar surface area (TPSA) is 45.2 Å². The molecule has 14 heavy (non-hydrogen) atoms. The van der Waals surface area contributed by atoms with Crippen LogP contribution >= 0.6 is 0 Å². The molecule has 1 aromatic rings. The Morgan fingerprint density at radius 3 is 2.93 bits per heavy atom. The fraction of sp³-hybridized carbons (Fsp3) is 0.545. The van der Waals surface area contributed by atoms with Gasteiger partial charge in [-0.25, -0.2) is 4.98 Å². The summed E-state index contributed by atoms with van der Waals surface area (Å²) >= 11 is 0. The molecule has 1 rings (SSSR count). The van der Waals surface area contributed by atoms with Crippen LogP contribution in [0.3, 0.4) is 0 Å². The number of hydrogen-bond acceptors (Lipinski definition) is 3. The lowest BCUT2D eigenvalue weighted by molar-refractivity contribution is 0.282. The monoisotopic (exact) mass is 194 g/mol. The van der Waals surface area contributed by atoms with E-state index in [9.17, 15) is 0 Å². The zero-order chi connectivity index (χ0) is 10.4. The molecule has 0 aliphatic rings. The van der Waals surface area contributed by atoms with E-state index in [1.54, 1.807) is 6.20 Å². The molecule has 0 aliphatic heterocycles. The fourth-order valence-corrected chi connectivity index (χ4v) is 1.20. The number of rotatable bonds is 5. The molecule has 0 aromatic carbocycles. The maximum absolute atomic E-state index is 9.05. The van der Waals surface area contributed by atoms with Gasteiger partial charge in [0, 0.05) is 18.3 Å². The number of hydrogen-bond donors (Lipinski definition) is 2. The normalized spacial score (nSPS) is 10.6. The second-order valence-electron chi connectivity index (χ2n) is 3.78. The van der Waals surface area contributed by atoms with Gasteiger partial charge in [-0.15, -0.1) is 0 Å². The molecule has 0 spiro atoms. The van der Waals surface area contributed by atoms with E-state index >= 15 is 0 Å². The van der Waals surface area contributed by atoms with Crippen LogP contribution in [0.15, 0.2) is 18.3 Å². The lowest BCUT2D eigenvalue weighted by atomic mass is 10.1. The molecule has 0 bridgehead atoms. The van der Waals surface area contributed by atoms with Gasteiger partial charge in [0.2, 0.25) is 0 Å². The Labute approximate surface area is 85.2 Å². The average Bonchev–Trinajstić information content (AvgIpc) is 2.18. The summed E-state index contributed by atoms with van der Waals surface area (Å²) in [5.41, 5.74) is 0.858. The lowest BCUT2D eigenvalue weighted by Gasteiger charge is -2.10. The summed E-state index contributed by atoms with van der Waals surface area (Å²) in [7, 11) is 0. The predicted octanol–water partition coefficient (Wildman–Crippen LogP) is 2.03. The Morgan fingerprint density at radius 2 is 2.29 bits per heavy atom. The van der Waals surface area contributed by atoms with Crippen molar-refractivity contribution in [2.45, 2.75) is 26.9 Å². The minimum atomic E-state index is 0.0395. The average molecular weight is 194 g/mol. The molecule has 0 saturated carbocycles. The number of pyridine rings is 1. The molecule has 0 radical (unpaired) electrons. The number of nitrogens with one attached hydrogen (secondary N) is 1. The SMILES string of the molecule is CC(C)CCNc1ncccc1CO. The van der Waals surface area contributed by atoms with Crippen molar-refractivity contribution in [2.24, 2.45) is 5.92 Å². The smallest absolute Gasteiger partial charge is 0.131 e. The third-order valence-corrected chi connectivity index (χ3v) is 2.08. The molecular formula is C11H18N2O. The van der Waals surface area contributed by atoms with Crippen LogP contribution in [-0.4, -0.2) is 16.6 Å². The van der Waals surface area contributed by atoms with E-state index in [1.165, 1.54) is 0 Å². The van der Waals surface area contributed by atoms with E-state index in [-0.39, 0.29) is 6.61 Å². The largest absolute Gasteiger partial charge is 0.392 e. The molecule has 2 N–H and O–H groups in total. The first kappa shape index (κ1) is 11.0. The van der Waals surface area contributed by atoms with Gasteiger partial charge in [-0.05, 0) is 18.4 Å². The summed E-state index contributed by atoms with van der Waals surface area (Å²) in [6, 6.07) is 3.71. The molecule has 3 heteroatoms. The standard InChI is InChI=1S/C11H18N2O/c1-9(2)5-7-13-11-10(8-14)4-3-6-12-11/h3-4,6,9,14H,5,7-8H2,1-2H3,(H,12,13). The molecular weight excluding hydrogens is 176 g/mol. The van der Waals surface area contributed by atoms with E-state index < -0.39 is 0 Å². The van der Waals surface area contributed by atoms with E-state index in [4.69, 9.17) is 5.11 Å². The first-order chi connectivity index (χ1) is 6.74. The van der Waals surface area contributed by atoms with Crippen LogP contribution in [0.4, 0.5) is 5.82 Å². The quantitative estimate of drug-likeness (QED) is 0.754. The van der Waals surface area contributed by atoms with Crippen molar-refractivity contribution in [3.05, 3.63) is 23.9 Å². The van der Waals surface area contributed by atoms with Crippen molar-refractivity contribution in [1.29, 1.82) is 0 Å². The van der Waals surface area contributed by atoms with Crippen molar-refractivity contribution in [2.75, 3.05) is 11.9 Å². The van der Waals surface area contributed by atoms with Gasteiger partial charge in [-0.2, -0.15) is 0 Å². The molecule has 0 aliphatic carbocycles. The summed E-state index contributed by atoms with van der Waals surface area (Å²) in [4.78, 5) is 4.18. The van der Waals surface area contributed by atoms with Gasteiger partial charge in [0.15, 0.2) is 0 Å². The highest BCUT2D eigenvalue weighted by Crippen LogP contribution is 2.11. The highest BCUT2D eigenvalue weighted by atomic mass is 16.3.